The second-order valence-corrected chi connectivity index (χ2v) is 7.75. The number of fused-ring (bicyclic) bond motifs is 2. The monoisotopic (exact) mass is 490 g/mol. The second kappa shape index (κ2) is 9.06. The van der Waals surface area contributed by atoms with Gasteiger partial charge < -0.3 is 10.6 Å². The van der Waals surface area contributed by atoms with Crippen LogP contribution < -0.4 is 10.6 Å². The molecule has 5 rings (SSSR count). The van der Waals surface area contributed by atoms with Gasteiger partial charge in [0.2, 0.25) is 0 Å². The van der Waals surface area contributed by atoms with Gasteiger partial charge in [-0.1, -0.05) is 36.4 Å². The van der Waals surface area contributed by atoms with E-state index in [-0.39, 0.29) is 11.4 Å². The lowest BCUT2D eigenvalue weighted by Gasteiger charge is -2.13. The highest BCUT2D eigenvalue weighted by molar-refractivity contribution is 6.10. The van der Waals surface area contributed by atoms with Gasteiger partial charge in [0.15, 0.2) is 23.3 Å². The molecule has 0 aliphatic carbocycles. The Kier molecular flexibility index (Phi) is 5.77. The molecule has 2 N–H and O–H groups in total. The quantitative estimate of drug-likeness (QED) is 0.188. The summed E-state index contributed by atoms with van der Waals surface area (Å²) in [5, 5.41) is 5.64. The SMILES string of the molecule is O=C(Nc1cnc2ccccc2c1)c1c(F)c(F)c(F)c(C(=O)Nc2cnc3ccccc3c2)c1F. The predicted molar refractivity (Wildman–Crippen MR) is 126 cm³/mol. The number of nitrogens with zero attached hydrogens (tertiary/aromatic N) is 2. The molecule has 0 unspecified atom stereocenters. The van der Waals surface area contributed by atoms with Gasteiger partial charge in [-0.05, 0) is 24.3 Å². The van der Waals surface area contributed by atoms with Crippen molar-refractivity contribution >= 4 is 45.0 Å². The zero-order chi connectivity index (χ0) is 25.4. The highest BCUT2D eigenvalue weighted by Crippen LogP contribution is 2.27. The maximum absolute atomic E-state index is 15.2. The molecule has 0 aliphatic rings. The van der Waals surface area contributed by atoms with Crippen molar-refractivity contribution < 1.29 is 27.2 Å². The Morgan fingerprint density at radius 2 is 1.00 bits per heavy atom. The van der Waals surface area contributed by atoms with E-state index in [2.05, 4.69) is 20.6 Å². The van der Waals surface area contributed by atoms with E-state index in [0.717, 1.165) is 0 Å². The zero-order valence-electron chi connectivity index (χ0n) is 18.2. The minimum atomic E-state index is -2.17. The molecule has 0 saturated heterocycles. The van der Waals surface area contributed by atoms with Crippen LogP contribution >= 0.6 is 0 Å². The molecule has 2 amide bonds. The molecule has 5 aromatic rings. The van der Waals surface area contributed by atoms with E-state index in [4.69, 9.17) is 0 Å². The van der Waals surface area contributed by atoms with Crippen LogP contribution in [0.2, 0.25) is 0 Å². The Morgan fingerprint density at radius 1 is 0.583 bits per heavy atom. The molecule has 0 spiro atoms. The number of hydrogen-bond acceptors (Lipinski definition) is 4. The van der Waals surface area contributed by atoms with Gasteiger partial charge in [0.1, 0.15) is 11.1 Å². The minimum absolute atomic E-state index is 0.0514. The summed E-state index contributed by atoms with van der Waals surface area (Å²) >= 11 is 0. The third kappa shape index (κ3) is 4.09. The van der Waals surface area contributed by atoms with E-state index in [1.165, 1.54) is 24.5 Å². The lowest BCUT2D eigenvalue weighted by atomic mass is 10.1. The molecule has 10 heteroatoms. The van der Waals surface area contributed by atoms with Gasteiger partial charge in [-0.2, -0.15) is 0 Å². The molecule has 2 heterocycles. The van der Waals surface area contributed by atoms with Gasteiger partial charge in [-0.3, -0.25) is 19.6 Å². The van der Waals surface area contributed by atoms with Gasteiger partial charge in [0, 0.05) is 10.8 Å². The summed E-state index contributed by atoms with van der Waals surface area (Å²) in [6.07, 6.45) is 2.46. The summed E-state index contributed by atoms with van der Waals surface area (Å²) in [5.41, 5.74) is -1.61. The number of aromatic nitrogens is 2. The molecule has 0 fully saturated rings. The zero-order valence-corrected chi connectivity index (χ0v) is 18.2. The van der Waals surface area contributed by atoms with E-state index in [0.29, 0.717) is 21.8 Å². The Hall–Kier alpha value is -4.86. The maximum Gasteiger partial charge on any atom is 0.261 e. The number of pyridine rings is 2. The molecular formula is C26H14F4N4O2. The number of hydrogen-bond donors (Lipinski definition) is 2. The van der Waals surface area contributed by atoms with Gasteiger partial charge >= 0.3 is 0 Å². The van der Waals surface area contributed by atoms with E-state index < -0.39 is 46.2 Å². The fraction of sp³-hybridized carbons (Fsp3) is 0. The summed E-state index contributed by atoms with van der Waals surface area (Å²) in [7, 11) is 0. The first kappa shape index (κ1) is 22.9. The first-order chi connectivity index (χ1) is 17.3. The Morgan fingerprint density at radius 3 is 1.44 bits per heavy atom. The number of para-hydroxylation sites is 2. The second-order valence-electron chi connectivity index (χ2n) is 7.75. The summed E-state index contributed by atoms with van der Waals surface area (Å²) in [4.78, 5) is 33.6. The first-order valence-corrected chi connectivity index (χ1v) is 10.5. The molecule has 178 valence electrons. The van der Waals surface area contributed by atoms with Crippen LogP contribution in [0.1, 0.15) is 20.7 Å². The largest absolute Gasteiger partial charge is 0.320 e. The van der Waals surface area contributed by atoms with Crippen molar-refractivity contribution in [3.63, 3.8) is 0 Å². The number of nitrogens with one attached hydrogen (secondary N) is 2. The number of carbonyl (C=O) groups is 2. The van der Waals surface area contributed by atoms with Gasteiger partial charge in [0.25, 0.3) is 11.8 Å². The smallest absolute Gasteiger partial charge is 0.261 e. The van der Waals surface area contributed by atoms with Crippen LogP contribution in [-0.4, -0.2) is 21.8 Å². The lowest BCUT2D eigenvalue weighted by molar-refractivity contribution is 0.101. The van der Waals surface area contributed by atoms with Crippen LogP contribution in [0.15, 0.2) is 73.1 Å². The standard InChI is InChI=1S/C26H14F4N4O2/c27-21-19(25(35)33-15-9-13-5-1-3-7-17(13)31-11-15)22(28)24(30)23(29)20(21)26(36)34-16-10-14-6-2-4-8-18(14)32-12-16/h1-12H,(H,33,35)(H,34,36). The topological polar surface area (TPSA) is 84.0 Å². The average Bonchev–Trinajstić information content (AvgIpc) is 2.87. The highest BCUT2D eigenvalue weighted by Gasteiger charge is 2.32. The minimum Gasteiger partial charge on any atom is -0.320 e. The van der Waals surface area contributed by atoms with Crippen molar-refractivity contribution in [1.29, 1.82) is 0 Å². The molecule has 0 aliphatic heterocycles. The summed E-state index contributed by atoms with van der Waals surface area (Å²) in [6.45, 7) is 0. The Bertz CT molecular complexity index is 1570. The van der Waals surface area contributed by atoms with Crippen LogP contribution in [0.25, 0.3) is 21.8 Å². The van der Waals surface area contributed by atoms with Crippen LogP contribution in [0.3, 0.4) is 0 Å². The predicted octanol–water partition coefficient (Wildman–Crippen LogP) is 5.84. The third-order valence-electron chi connectivity index (χ3n) is 5.41. The molecule has 6 nitrogen and oxygen atoms in total. The lowest BCUT2D eigenvalue weighted by Crippen LogP contribution is -2.24. The normalized spacial score (nSPS) is 11.0. The van der Waals surface area contributed by atoms with E-state index in [9.17, 15) is 22.8 Å². The van der Waals surface area contributed by atoms with Crippen LogP contribution in [-0.2, 0) is 0 Å². The third-order valence-corrected chi connectivity index (χ3v) is 5.41. The van der Waals surface area contributed by atoms with E-state index >= 15 is 4.39 Å². The van der Waals surface area contributed by atoms with E-state index in [1.54, 1.807) is 48.5 Å². The highest BCUT2D eigenvalue weighted by atomic mass is 19.2. The van der Waals surface area contributed by atoms with Crippen molar-refractivity contribution in [2.75, 3.05) is 10.6 Å². The number of anilines is 2. The molecule has 3 aromatic carbocycles. The molecule has 0 bridgehead atoms. The Balaban J connectivity index is 1.49. The number of halogens is 4. The van der Waals surface area contributed by atoms with Crippen LogP contribution in [0.5, 0.6) is 0 Å². The maximum atomic E-state index is 15.2. The van der Waals surface area contributed by atoms with Crippen LogP contribution in [0.4, 0.5) is 28.9 Å². The fourth-order valence-corrected chi connectivity index (χ4v) is 3.70. The summed E-state index contributed by atoms with van der Waals surface area (Å²) in [6, 6.07) is 16.7. The molecule has 36 heavy (non-hydrogen) atoms. The Labute approximate surface area is 200 Å². The number of amides is 2. The first-order valence-electron chi connectivity index (χ1n) is 10.5. The van der Waals surface area contributed by atoms with Gasteiger partial charge in [-0.25, -0.2) is 17.6 Å². The van der Waals surface area contributed by atoms with Crippen molar-refractivity contribution in [3.05, 3.63) is 107 Å². The van der Waals surface area contributed by atoms with Crippen molar-refractivity contribution in [2.24, 2.45) is 0 Å². The molecule has 2 aromatic heterocycles. The van der Waals surface area contributed by atoms with Crippen molar-refractivity contribution in [1.82, 2.24) is 9.97 Å². The van der Waals surface area contributed by atoms with Crippen molar-refractivity contribution in [3.8, 4) is 0 Å². The fourth-order valence-electron chi connectivity index (χ4n) is 3.70. The van der Waals surface area contributed by atoms with Gasteiger partial charge in [-0.15, -0.1) is 0 Å². The molecule has 0 atom stereocenters. The number of carbonyl (C=O) groups excluding carboxylic acids is 2. The summed E-state index contributed by atoms with van der Waals surface area (Å²) < 4.78 is 58.5. The van der Waals surface area contributed by atoms with Gasteiger partial charge in [0.05, 0.1) is 34.8 Å². The van der Waals surface area contributed by atoms with E-state index in [1.807, 2.05) is 0 Å². The average molecular weight is 490 g/mol. The molecular weight excluding hydrogens is 476 g/mol. The molecule has 0 saturated carbocycles. The number of rotatable bonds is 4. The molecule has 0 radical (unpaired) electrons. The number of benzene rings is 3. The van der Waals surface area contributed by atoms with Crippen LogP contribution in [0, 0.1) is 23.3 Å². The van der Waals surface area contributed by atoms with Crippen molar-refractivity contribution in [2.45, 2.75) is 0 Å². The summed E-state index contributed by atoms with van der Waals surface area (Å²) in [5.74, 6) is -11.0.